The SMILES string of the molecule is O=C1CCN(C(=O)C=Cn2cnc(-c3cc(C(F)(F)F)cc(C(F)(F)F)c3)n2)N1. The lowest BCUT2D eigenvalue weighted by Gasteiger charge is -2.13. The summed E-state index contributed by atoms with van der Waals surface area (Å²) in [6.07, 6.45) is -6.73. The molecule has 1 aliphatic rings. The molecular weight excluding hydrogens is 408 g/mol. The summed E-state index contributed by atoms with van der Waals surface area (Å²) < 4.78 is 78.6. The predicted octanol–water partition coefficient (Wildman–Crippen LogP) is 2.72. The van der Waals surface area contributed by atoms with E-state index in [0.29, 0.717) is 12.1 Å². The van der Waals surface area contributed by atoms with E-state index in [4.69, 9.17) is 0 Å². The van der Waals surface area contributed by atoms with Gasteiger partial charge in [0.1, 0.15) is 6.33 Å². The molecule has 0 atom stereocenters. The largest absolute Gasteiger partial charge is 0.416 e. The molecule has 7 nitrogen and oxygen atoms in total. The third-order valence-electron chi connectivity index (χ3n) is 3.81. The van der Waals surface area contributed by atoms with Gasteiger partial charge in [0, 0.05) is 24.3 Å². The summed E-state index contributed by atoms with van der Waals surface area (Å²) >= 11 is 0. The van der Waals surface area contributed by atoms with Crippen LogP contribution < -0.4 is 5.43 Å². The normalized spacial score (nSPS) is 15.2. The molecule has 2 amide bonds. The van der Waals surface area contributed by atoms with E-state index in [-0.39, 0.29) is 24.9 Å². The lowest BCUT2D eigenvalue weighted by atomic mass is 10.0. The molecule has 154 valence electrons. The van der Waals surface area contributed by atoms with Crippen LogP contribution in [0.2, 0.25) is 0 Å². The molecule has 0 spiro atoms. The zero-order valence-corrected chi connectivity index (χ0v) is 14.3. The van der Waals surface area contributed by atoms with Gasteiger partial charge in [0.15, 0.2) is 5.82 Å². The Balaban J connectivity index is 1.87. The highest BCUT2D eigenvalue weighted by Gasteiger charge is 2.37. The third kappa shape index (κ3) is 4.73. The Morgan fingerprint density at radius 1 is 1.07 bits per heavy atom. The average molecular weight is 419 g/mol. The molecule has 3 rings (SSSR count). The molecule has 1 aromatic carbocycles. The number of hydrogen-bond donors (Lipinski definition) is 1. The maximum absolute atomic E-state index is 12.9. The number of halogens is 6. The predicted molar refractivity (Wildman–Crippen MR) is 85.3 cm³/mol. The molecule has 1 fully saturated rings. The van der Waals surface area contributed by atoms with E-state index in [1.807, 2.05) is 0 Å². The zero-order valence-electron chi connectivity index (χ0n) is 14.3. The van der Waals surface area contributed by atoms with Crippen molar-refractivity contribution in [2.24, 2.45) is 0 Å². The average Bonchev–Trinajstić information content (AvgIpc) is 3.27. The summed E-state index contributed by atoms with van der Waals surface area (Å²) in [6, 6.07) is 1.01. The monoisotopic (exact) mass is 419 g/mol. The lowest BCUT2D eigenvalue weighted by Crippen LogP contribution is -2.37. The van der Waals surface area contributed by atoms with Crippen molar-refractivity contribution in [2.45, 2.75) is 18.8 Å². The Labute approximate surface area is 158 Å². The number of aromatic nitrogens is 3. The summed E-state index contributed by atoms with van der Waals surface area (Å²) in [6.45, 7) is 0.162. The van der Waals surface area contributed by atoms with E-state index in [0.717, 1.165) is 28.3 Å². The fraction of sp³-hybridized carbons (Fsp3) is 0.250. The van der Waals surface area contributed by atoms with Crippen molar-refractivity contribution in [3.8, 4) is 11.4 Å². The van der Waals surface area contributed by atoms with Gasteiger partial charge in [-0.05, 0) is 18.2 Å². The number of amides is 2. The number of rotatable bonds is 3. The van der Waals surface area contributed by atoms with Gasteiger partial charge < -0.3 is 0 Å². The van der Waals surface area contributed by atoms with Crippen LogP contribution >= 0.6 is 0 Å². The maximum Gasteiger partial charge on any atom is 0.416 e. The van der Waals surface area contributed by atoms with Gasteiger partial charge in [0.05, 0.1) is 17.7 Å². The van der Waals surface area contributed by atoms with Gasteiger partial charge in [-0.3, -0.25) is 15.0 Å². The molecule has 1 saturated heterocycles. The summed E-state index contributed by atoms with van der Waals surface area (Å²) in [5, 5.41) is 4.81. The van der Waals surface area contributed by atoms with Crippen molar-refractivity contribution in [1.82, 2.24) is 25.2 Å². The van der Waals surface area contributed by atoms with Crippen LogP contribution in [0, 0.1) is 0 Å². The van der Waals surface area contributed by atoms with Gasteiger partial charge in [-0.15, -0.1) is 5.10 Å². The fourth-order valence-electron chi connectivity index (χ4n) is 2.43. The first-order valence-electron chi connectivity index (χ1n) is 7.94. The van der Waals surface area contributed by atoms with Gasteiger partial charge in [0.25, 0.3) is 5.91 Å². The van der Waals surface area contributed by atoms with E-state index in [1.165, 1.54) is 0 Å². The molecule has 1 aliphatic heterocycles. The molecule has 0 radical (unpaired) electrons. The molecule has 1 N–H and O–H groups in total. The molecular formula is C16H11F6N5O2. The van der Waals surface area contributed by atoms with Crippen LogP contribution in [0.15, 0.2) is 30.6 Å². The topological polar surface area (TPSA) is 80.1 Å². The second-order valence-electron chi connectivity index (χ2n) is 5.93. The number of benzene rings is 1. The fourth-order valence-corrected chi connectivity index (χ4v) is 2.43. The molecule has 13 heteroatoms. The molecule has 2 aromatic rings. The first-order valence-corrected chi connectivity index (χ1v) is 7.94. The van der Waals surface area contributed by atoms with E-state index in [2.05, 4.69) is 15.5 Å². The van der Waals surface area contributed by atoms with E-state index in [9.17, 15) is 35.9 Å². The number of hydrazine groups is 1. The number of nitrogens with one attached hydrogen (secondary N) is 1. The third-order valence-corrected chi connectivity index (χ3v) is 3.81. The molecule has 2 heterocycles. The van der Waals surface area contributed by atoms with Crippen molar-refractivity contribution in [3.05, 3.63) is 41.7 Å². The van der Waals surface area contributed by atoms with Crippen LogP contribution in [0.25, 0.3) is 17.6 Å². The Bertz CT molecular complexity index is 947. The molecule has 0 saturated carbocycles. The summed E-state index contributed by atoms with van der Waals surface area (Å²) in [4.78, 5) is 26.6. The van der Waals surface area contributed by atoms with Crippen LogP contribution in [-0.2, 0) is 21.9 Å². The van der Waals surface area contributed by atoms with Gasteiger partial charge in [-0.1, -0.05) is 0 Å². The van der Waals surface area contributed by atoms with Crippen molar-refractivity contribution in [2.75, 3.05) is 6.54 Å². The molecule has 0 unspecified atom stereocenters. The quantitative estimate of drug-likeness (QED) is 0.613. The number of alkyl halides is 6. The van der Waals surface area contributed by atoms with Crippen molar-refractivity contribution < 1.29 is 35.9 Å². The second-order valence-corrected chi connectivity index (χ2v) is 5.93. The van der Waals surface area contributed by atoms with Crippen LogP contribution in [0.4, 0.5) is 26.3 Å². The molecule has 29 heavy (non-hydrogen) atoms. The minimum atomic E-state index is -4.99. The van der Waals surface area contributed by atoms with Gasteiger partial charge >= 0.3 is 12.4 Å². The standard InChI is InChI=1S/C16H11F6N5O2/c17-15(18,19)10-5-9(6-11(7-10)16(20,21)22)14-23-8-26(25-14)3-2-13(29)27-4-1-12(28)24-27/h2-3,5-8H,1,4H2,(H,24,28). The van der Waals surface area contributed by atoms with Crippen LogP contribution in [0.5, 0.6) is 0 Å². The number of carbonyl (C=O) groups is 2. The summed E-state index contributed by atoms with van der Waals surface area (Å²) in [5.74, 6) is -1.32. The second kappa shape index (κ2) is 7.22. The van der Waals surface area contributed by atoms with Gasteiger partial charge in [-0.2, -0.15) is 26.3 Å². The number of hydrogen-bond acceptors (Lipinski definition) is 4. The Morgan fingerprint density at radius 3 is 2.21 bits per heavy atom. The first-order chi connectivity index (χ1) is 13.4. The lowest BCUT2D eigenvalue weighted by molar-refractivity contribution is -0.143. The minimum absolute atomic E-state index is 0.00338. The summed E-state index contributed by atoms with van der Waals surface area (Å²) in [5.41, 5.74) is -1.17. The van der Waals surface area contributed by atoms with Gasteiger partial charge in [-0.25, -0.2) is 14.7 Å². The number of nitrogens with zero attached hydrogens (tertiary/aromatic N) is 4. The molecule has 1 aromatic heterocycles. The van der Waals surface area contributed by atoms with Crippen molar-refractivity contribution in [3.63, 3.8) is 0 Å². The van der Waals surface area contributed by atoms with Crippen LogP contribution in [-0.4, -0.2) is 38.1 Å². The van der Waals surface area contributed by atoms with E-state index < -0.39 is 40.8 Å². The molecule has 0 bridgehead atoms. The minimum Gasteiger partial charge on any atom is -0.273 e. The van der Waals surface area contributed by atoms with Crippen molar-refractivity contribution in [1.29, 1.82) is 0 Å². The Hall–Kier alpha value is -3.38. The highest BCUT2D eigenvalue weighted by molar-refractivity contribution is 5.93. The summed E-state index contributed by atoms with van der Waals surface area (Å²) in [7, 11) is 0. The highest BCUT2D eigenvalue weighted by atomic mass is 19.4. The first kappa shape index (κ1) is 20.4. The smallest absolute Gasteiger partial charge is 0.273 e. The van der Waals surface area contributed by atoms with E-state index >= 15 is 0 Å². The maximum atomic E-state index is 12.9. The zero-order chi connectivity index (χ0) is 21.4. The van der Waals surface area contributed by atoms with Crippen LogP contribution in [0.1, 0.15) is 17.5 Å². The van der Waals surface area contributed by atoms with Crippen molar-refractivity contribution >= 4 is 18.0 Å². The highest BCUT2D eigenvalue weighted by Crippen LogP contribution is 2.38. The number of carbonyl (C=O) groups excluding carboxylic acids is 2. The van der Waals surface area contributed by atoms with Crippen LogP contribution in [0.3, 0.4) is 0 Å². The Kier molecular flexibility index (Phi) is 5.07. The van der Waals surface area contributed by atoms with E-state index in [1.54, 1.807) is 0 Å². The molecule has 0 aliphatic carbocycles. The van der Waals surface area contributed by atoms with Gasteiger partial charge in [0.2, 0.25) is 5.91 Å². The Morgan fingerprint density at radius 2 is 1.69 bits per heavy atom.